The first-order valence-corrected chi connectivity index (χ1v) is 10.3. The van der Waals surface area contributed by atoms with Crippen molar-refractivity contribution in [3.05, 3.63) is 60.4 Å². The van der Waals surface area contributed by atoms with Gasteiger partial charge in [-0.2, -0.15) is 0 Å². The predicted octanol–water partition coefficient (Wildman–Crippen LogP) is 3.71. The van der Waals surface area contributed by atoms with Crippen molar-refractivity contribution in [1.82, 2.24) is 15.1 Å². The lowest BCUT2D eigenvalue weighted by Gasteiger charge is -2.37. The van der Waals surface area contributed by atoms with Crippen LogP contribution in [0, 0.1) is 5.82 Å². The summed E-state index contributed by atoms with van der Waals surface area (Å²) in [6.07, 6.45) is 0. The molecule has 1 amide bonds. The normalized spacial score (nSPS) is 15.4. The standard InChI is InChI=1S/C21H21FN4O2S/c1-15(29-21-24-23-19(28-21)17-9-5-6-10-18(17)22)20(27)26-13-11-25(12-14-26)16-7-3-2-4-8-16/h2-10,15H,11-14H2,1H3/t15-/m0/s1. The number of piperazine rings is 1. The zero-order chi connectivity index (χ0) is 20.2. The van der Waals surface area contributed by atoms with Crippen molar-refractivity contribution in [2.24, 2.45) is 0 Å². The van der Waals surface area contributed by atoms with Crippen LogP contribution < -0.4 is 4.90 Å². The maximum Gasteiger partial charge on any atom is 0.277 e. The molecule has 1 aromatic heterocycles. The van der Waals surface area contributed by atoms with Gasteiger partial charge < -0.3 is 14.2 Å². The van der Waals surface area contributed by atoms with Crippen LogP contribution in [0.25, 0.3) is 11.5 Å². The van der Waals surface area contributed by atoms with E-state index < -0.39 is 5.82 Å². The van der Waals surface area contributed by atoms with Gasteiger partial charge in [0.2, 0.25) is 5.91 Å². The van der Waals surface area contributed by atoms with Crippen LogP contribution in [0.4, 0.5) is 10.1 Å². The van der Waals surface area contributed by atoms with E-state index in [0.29, 0.717) is 13.1 Å². The molecule has 29 heavy (non-hydrogen) atoms. The number of nitrogens with zero attached hydrogens (tertiary/aromatic N) is 4. The number of halogens is 1. The van der Waals surface area contributed by atoms with E-state index in [1.54, 1.807) is 18.2 Å². The highest BCUT2D eigenvalue weighted by molar-refractivity contribution is 8.00. The second-order valence-electron chi connectivity index (χ2n) is 6.76. The number of hydrogen-bond acceptors (Lipinski definition) is 6. The average molecular weight is 412 g/mol. The van der Waals surface area contributed by atoms with Gasteiger partial charge in [0.15, 0.2) is 0 Å². The number of rotatable bonds is 5. The fraction of sp³-hybridized carbons (Fsp3) is 0.286. The second kappa shape index (κ2) is 8.65. The Bertz CT molecular complexity index is 974. The number of amides is 1. The fourth-order valence-electron chi connectivity index (χ4n) is 3.28. The van der Waals surface area contributed by atoms with Gasteiger partial charge in [-0.1, -0.05) is 42.1 Å². The third kappa shape index (κ3) is 4.42. The monoisotopic (exact) mass is 412 g/mol. The molecule has 0 saturated carbocycles. The van der Waals surface area contributed by atoms with E-state index in [9.17, 15) is 9.18 Å². The molecule has 4 rings (SSSR count). The molecule has 0 aliphatic carbocycles. The molecule has 1 atom stereocenters. The lowest BCUT2D eigenvalue weighted by molar-refractivity contribution is -0.130. The Balaban J connectivity index is 1.34. The number of aromatic nitrogens is 2. The summed E-state index contributed by atoms with van der Waals surface area (Å²) in [5.41, 5.74) is 1.43. The quantitative estimate of drug-likeness (QED) is 0.596. The molecule has 0 unspecified atom stereocenters. The first-order chi connectivity index (χ1) is 14.1. The summed E-state index contributed by atoms with van der Waals surface area (Å²) in [5, 5.41) is 7.75. The van der Waals surface area contributed by atoms with Gasteiger partial charge in [0.25, 0.3) is 11.1 Å². The highest BCUT2D eigenvalue weighted by Gasteiger charge is 2.27. The number of thioether (sulfide) groups is 1. The molecule has 1 saturated heterocycles. The van der Waals surface area contributed by atoms with Gasteiger partial charge in [-0.25, -0.2) is 4.39 Å². The summed E-state index contributed by atoms with van der Waals surface area (Å²) in [7, 11) is 0. The van der Waals surface area contributed by atoms with Gasteiger partial charge in [0.1, 0.15) is 5.82 Å². The minimum Gasteiger partial charge on any atom is -0.411 e. The molecular weight excluding hydrogens is 391 g/mol. The lowest BCUT2D eigenvalue weighted by Crippen LogP contribution is -2.50. The number of hydrogen-bond donors (Lipinski definition) is 0. The summed E-state index contributed by atoms with van der Waals surface area (Å²) in [6, 6.07) is 16.4. The van der Waals surface area contributed by atoms with Crippen molar-refractivity contribution in [2.45, 2.75) is 17.4 Å². The zero-order valence-electron chi connectivity index (χ0n) is 16.0. The van der Waals surface area contributed by atoms with Crippen LogP contribution in [-0.2, 0) is 4.79 Å². The average Bonchev–Trinajstić information content (AvgIpc) is 3.22. The Morgan fingerprint density at radius 1 is 1.03 bits per heavy atom. The van der Waals surface area contributed by atoms with Gasteiger partial charge in [-0.05, 0) is 31.2 Å². The number of anilines is 1. The Morgan fingerprint density at radius 2 is 1.72 bits per heavy atom. The molecule has 0 N–H and O–H groups in total. The number of carbonyl (C=O) groups excluding carboxylic acids is 1. The van der Waals surface area contributed by atoms with Crippen molar-refractivity contribution in [3.8, 4) is 11.5 Å². The summed E-state index contributed by atoms with van der Waals surface area (Å²) in [6.45, 7) is 4.76. The summed E-state index contributed by atoms with van der Waals surface area (Å²) in [5.74, 6) is -0.275. The Hall–Kier alpha value is -2.87. The van der Waals surface area contributed by atoms with Crippen molar-refractivity contribution in [2.75, 3.05) is 31.1 Å². The molecule has 8 heteroatoms. The van der Waals surface area contributed by atoms with E-state index in [0.717, 1.165) is 13.1 Å². The molecule has 2 heterocycles. The van der Waals surface area contributed by atoms with E-state index in [1.165, 1.54) is 23.5 Å². The SMILES string of the molecule is C[C@H](Sc1nnc(-c2ccccc2F)o1)C(=O)N1CCN(c2ccccc2)CC1. The highest BCUT2D eigenvalue weighted by Crippen LogP contribution is 2.28. The smallest absolute Gasteiger partial charge is 0.277 e. The zero-order valence-corrected chi connectivity index (χ0v) is 16.8. The van der Waals surface area contributed by atoms with Gasteiger partial charge in [0, 0.05) is 31.9 Å². The predicted molar refractivity (Wildman–Crippen MR) is 110 cm³/mol. The number of benzene rings is 2. The first kappa shape index (κ1) is 19.4. The fourth-order valence-corrected chi connectivity index (χ4v) is 4.05. The lowest BCUT2D eigenvalue weighted by atomic mass is 10.2. The first-order valence-electron chi connectivity index (χ1n) is 9.45. The van der Waals surface area contributed by atoms with Crippen molar-refractivity contribution >= 4 is 23.4 Å². The van der Waals surface area contributed by atoms with E-state index in [2.05, 4.69) is 27.2 Å². The molecular formula is C21H21FN4O2S. The maximum atomic E-state index is 13.9. The molecule has 0 bridgehead atoms. The third-order valence-electron chi connectivity index (χ3n) is 4.85. The number of carbonyl (C=O) groups is 1. The van der Waals surface area contributed by atoms with E-state index in [-0.39, 0.29) is 27.8 Å². The molecule has 1 aliphatic rings. The highest BCUT2D eigenvalue weighted by atomic mass is 32.2. The molecule has 150 valence electrons. The Labute approximate surface area is 172 Å². The number of para-hydroxylation sites is 1. The van der Waals surface area contributed by atoms with Crippen LogP contribution in [0.5, 0.6) is 0 Å². The van der Waals surface area contributed by atoms with Crippen LogP contribution in [0.2, 0.25) is 0 Å². The van der Waals surface area contributed by atoms with Crippen molar-refractivity contribution in [1.29, 1.82) is 0 Å². The Morgan fingerprint density at radius 3 is 2.45 bits per heavy atom. The van der Waals surface area contributed by atoms with Crippen LogP contribution >= 0.6 is 11.8 Å². The van der Waals surface area contributed by atoms with Gasteiger partial charge >= 0.3 is 0 Å². The van der Waals surface area contributed by atoms with E-state index in [1.807, 2.05) is 30.0 Å². The van der Waals surface area contributed by atoms with Gasteiger partial charge in [-0.15, -0.1) is 10.2 Å². The molecule has 3 aromatic rings. The molecule has 2 aromatic carbocycles. The molecule has 1 aliphatic heterocycles. The molecule has 0 radical (unpaired) electrons. The maximum absolute atomic E-state index is 13.9. The van der Waals surface area contributed by atoms with E-state index in [4.69, 9.17) is 4.42 Å². The minimum absolute atomic E-state index is 0.0355. The van der Waals surface area contributed by atoms with Crippen LogP contribution in [0.3, 0.4) is 0 Å². The van der Waals surface area contributed by atoms with Gasteiger partial charge in [-0.3, -0.25) is 4.79 Å². The summed E-state index contributed by atoms with van der Waals surface area (Å²) in [4.78, 5) is 17.0. The van der Waals surface area contributed by atoms with E-state index >= 15 is 0 Å². The molecule has 0 spiro atoms. The second-order valence-corrected chi connectivity index (χ2v) is 8.05. The van der Waals surface area contributed by atoms with Crippen LogP contribution in [-0.4, -0.2) is 52.4 Å². The van der Waals surface area contributed by atoms with Crippen LogP contribution in [0.1, 0.15) is 6.92 Å². The third-order valence-corrected chi connectivity index (χ3v) is 5.77. The Kier molecular flexibility index (Phi) is 5.80. The summed E-state index contributed by atoms with van der Waals surface area (Å²) >= 11 is 1.20. The molecule has 6 nitrogen and oxygen atoms in total. The van der Waals surface area contributed by atoms with Crippen molar-refractivity contribution < 1.29 is 13.6 Å². The molecule has 1 fully saturated rings. The summed E-state index contributed by atoms with van der Waals surface area (Å²) < 4.78 is 19.4. The largest absolute Gasteiger partial charge is 0.411 e. The van der Waals surface area contributed by atoms with Gasteiger partial charge in [0.05, 0.1) is 10.8 Å². The minimum atomic E-state index is -0.423. The van der Waals surface area contributed by atoms with Crippen molar-refractivity contribution in [3.63, 3.8) is 0 Å². The van der Waals surface area contributed by atoms with Crippen LogP contribution in [0.15, 0.2) is 64.2 Å². The topological polar surface area (TPSA) is 62.5 Å².